The Morgan fingerprint density at radius 2 is 0.718 bits per heavy atom. The molecular weight excluding hydrogens is 1020 g/mol. The van der Waals surface area contributed by atoms with Gasteiger partial charge in [-0.15, -0.1) is 0 Å². The number of nitrogens with two attached hydrogens (primary N) is 3. The molecule has 1 aromatic rings. The lowest BCUT2D eigenvalue weighted by molar-refractivity contribution is -0.135. The minimum absolute atomic E-state index is 0.00290. The van der Waals surface area contributed by atoms with Crippen LogP contribution in [0.2, 0.25) is 0 Å². The van der Waals surface area contributed by atoms with E-state index < -0.39 is 150 Å². The summed E-state index contributed by atoms with van der Waals surface area (Å²) in [6.07, 6.45) is 2.00. The van der Waals surface area contributed by atoms with E-state index in [9.17, 15) is 67.4 Å². The topological polar surface area (TPSA) is 465 Å². The number of nitrogens with one attached hydrogen (secondary N) is 12. The van der Waals surface area contributed by atoms with Gasteiger partial charge in [0.25, 0.3) is 0 Å². The predicted octanol–water partition coefficient (Wildman–Crippen LogP) is -5.69. The Labute approximate surface area is 453 Å². The maximum absolute atomic E-state index is 13.4. The van der Waals surface area contributed by atoms with Crippen molar-refractivity contribution in [3.63, 3.8) is 0 Å². The van der Waals surface area contributed by atoms with Crippen LogP contribution in [0.15, 0.2) is 24.3 Å². The number of benzene rings is 1. The molecule has 0 saturated heterocycles. The van der Waals surface area contributed by atoms with Crippen molar-refractivity contribution in [2.75, 3.05) is 19.6 Å². The second-order valence-corrected chi connectivity index (χ2v) is 18.8. The number of hydrogen-bond donors (Lipinski definition) is 16. The van der Waals surface area contributed by atoms with E-state index in [0.29, 0.717) is 37.8 Å². The summed E-state index contributed by atoms with van der Waals surface area (Å²) in [5.41, 5.74) is 17.3. The molecule has 0 aromatic heterocycles. The van der Waals surface area contributed by atoms with E-state index in [-0.39, 0.29) is 31.6 Å². The molecule has 0 heterocycles. The number of hydrogen-bond acceptors (Lipinski definition) is 16. The summed E-state index contributed by atoms with van der Waals surface area (Å²) in [4.78, 5) is 166. The predicted molar refractivity (Wildman–Crippen MR) is 282 cm³/mol. The van der Waals surface area contributed by atoms with Gasteiger partial charge in [0.1, 0.15) is 72.2 Å². The molecule has 0 bridgehead atoms. The Bertz CT molecular complexity index is 2270. The van der Waals surface area contributed by atoms with Crippen molar-refractivity contribution in [1.82, 2.24) is 63.8 Å². The first-order chi connectivity index (χ1) is 36.5. The first-order valence-electron chi connectivity index (χ1n) is 25.6. The van der Waals surface area contributed by atoms with Crippen LogP contribution in [0.25, 0.3) is 0 Å². The summed E-state index contributed by atoms with van der Waals surface area (Å²) in [5, 5.41) is 38.9. The Balaban J connectivity index is 2.79. The van der Waals surface area contributed by atoms with Gasteiger partial charge in [0.2, 0.25) is 76.8 Å². The zero-order valence-corrected chi connectivity index (χ0v) is 45.7. The van der Waals surface area contributed by atoms with Gasteiger partial charge < -0.3 is 86.1 Å². The maximum Gasteiger partial charge on any atom is 0.243 e. The smallest absolute Gasteiger partial charge is 0.243 e. The molecule has 29 nitrogen and oxygen atoms in total. The third kappa shape index (κ3) is 25.7. The largest absolute Gasteiger partial charge is 0.508 e. The van der Waals surface area contributed by atoms with E-state index in [4.69, 9.17) is 17.2 Å². The Morgan fingerprint density at radius 1 is 0.410 bits per heavy atom. The van der Waals surface area contributed by atoms with Crippen LogP contribution in [-0.4, -0.2) is 168 Å². The minimum atomic E-state index is -1.27. The van der Waals surface area contributed by atoms with E-state index in [1.54, 1.807) is 12.1 Å². The number of unbranched alkanes of at least 4 members (excludes halogenated alkanes) is 2. The average Bonchev–Trinajstić information content (AvgIpc) is 3.36. The van der Waals surface area contributed by atoms with Gasteiger partial charge in [-0.25, -0.2) is 0 Å². The molecule has 436 valence electrons. The number of aromatic hydroxyl groups is 1. The van der Waals surface area contributed by atoms with Crippen molar-refractivity contribution < 1.29 is 67.4 Å². The number of carbonyl (C=O) groups is 13. The lowest BCUT2D eigenvalue weighted by Crippen LogP contribution is -2.59. The normalized spacial score (nSPS) is 15.1. The molecular formula is C49H81N15O14. The molecule has 78 heavy (non-hydrogen) atoms. The van der Waals surface area contributed by atoms with Crippen LogP contribution in [0.1, 0.15) is 106 Å². The number of phenolic OH excluding ortho intramolecular Hbond substituents is 1. The molecule has 1 rings (SSSR count). The van der Waals surface area contributed by atoms with Crippen molar-refractivity contribution in [1.29, 1.82) is 0 Å². The van der Waals surface area contributed by atoms with Crippen LogP contribution in [0.5, 0.6) is 5.75 Å². The van der Waals surface area contributed by atoms with Crippen molar-refractivity contribution in [2.45, 2.75) is 174 Å². The molecule has 0 aliphatic rings. The number of phenols is 1. The van der Waals surface area contributed by atoms with Crippen LogP contribution >= 0.6 is 0 Å². The fraction of sp³-hybridized carbons (Fsp3) is 0.612. The second kappa shape index (κ2) is 34.7. The lowest BCUT2D eigenvalue weighted by Gasteiger charge is -2.25. The first-order valence-corrected chi connectivity index (χ1v) is 25.6. The highest BCUT2D eigenvalue weighted by atomic mass is 16.3. The third-order valence-corrected chi connectivity index (χ3v) is 11.7. The van der Waals surface area contributed by atoms with E-state index in [1.807, 2.05) is 0 Å². The summed E-state index contributed by atoms with van der Waals surface area (Å²) in [5.74, 6) is -9.75. The molecule has 11 atom stereocenters. The van der Waals surface area contributed by atoms with Gasteiger partial charge in [-0.1, -0.05) is 12.1 Å². The van der Waals surface area contributed by atoms with Crippen LogP contribution < -0.4 is 81.0 Å². The van der Waals surface area contributed by atoms with Crippen LogP contribution in [0.4, 0.5) is 0 Å². The van der Waals surface area contributed by atoms with Crippen LogP contribution in [-0.2, 0) is 68.7 Å². The van der Waals surface area contributed by atoms with E-state index in [2.05, 4.69) is 63.8 Å². The van der Waals surface area contributed by atoms with Crippen molar-refractivity contribution in [3.05, 3.63) is 29.8 Å². The maximum atomic E-state index is 13.4. The molecule has 1 aromatic carbocycles. The minimum Gasteiger partial charge on any atom is -0.508 e. The molecule has 0 aliphatic carbocycles. The Kier molecular flexibility index (Phi) is 30.2. The molecule has 0 saturated carbocycles. The lowest BCUT2D eigenvalue weighted by atomic mass is 10.1. The highest BCUT2D eigenvalue weighted by molar-refractivity contribution is 5.99. The molecule has 0 radical (unpaired) electrons. The summed E-state index contributed by atoms with van der Waals surface area (Å²) in [7, 11) is 0. The van der Waals surface area contributed by atoms with Crippen LogP contribution in [0, 0.1) is 0 Å². The molecule has 0 aliphatic heterocycles. The van der Waals surface area contributed by atoms with Gasteiger partial charge in [0, 0.05) is 13.3 Å². The summed E-state index contributed by atoms with van der Waals surface area (Å²) in [6.45, 7) is 12.0. The van der Waals surface area contributed by atoms with Gasteiger partial charge in [-0.05, 0) is 125 Å². The highest BCUT2D eigenvalue weighted by Gasteiger charge is 2.32. The van der Waals surface area contributed by atoms with Gasteiger partial charge in [0.05, 0.1) is 6.54 Å². The highest BCUT2D eigenvalue weighted by Crippen LogP contribution is 2.12. The zero-order valence-electron chi connectivity index (χ0n) is 45.7. The van der Waals surface area contributed by atoms with Crippen molar-refractivity contribution >= 4 is 76.8 Å². The fourth-order valence-corrected chi connectivity index (χ4v) is 6.92. The monoisotopic (exact) mass is 1100 g/mol. The Morgan fingerprint density at radius 3 is 1.04 bits per heavy atom. The molecule has 0 unspecified atom stereocenters. The number of amides is 13. The zero-order chi connectivity index (χ0) is 59.4. The van der Waals surface area contributed by atoms with Crippen molar-refractivity contribution in [2.24, 2.45) is 17.2 Å². The van der Waals surface area contributed by atoms with Gasteiger partial charge in [-0.3, -0.25) is 62.3 Å². The number of carbonyl (C=O) groups excluding carboxylic acids is 13. The fourth-order valence-electron chi connectivity index (χ4n) is 6.92. The van der Waals surface area contributed by atoms with Gasteiger partial charge >= 0.3 is 0 Å². The number of rotatable bonds is 34. The molecule has 29 heteroatoms. The molecule has 0 spiro atoms. The van der Waals surface area contributed by atoms with Crippen molar-refractivity contribution in [3.8, 4) is 5.75 Å². The number of primary amides is 1. The standard InChI is InChI=1S/C49H81N15O14/c1-24(40(69)53-23-38(67)62-37(39(52)68)22-33-16-18-34(66)19-17-33)55-44(73)28(5)60-48(77)35(14-10-12-20-50)64-47(76)31(8)59-43(72)27(4)56-42(71)26(3)57-45(74)29(6)61-49(78)36(15-11-13-21-51)63-46(75)30(7)58-41(70)25(2)54-32(9)65/h16-19,24-31,35-37,66H,10-15,20-23,50-51H2,1-9H3,(H2,52,68)(H,53,69)(H,54,65)(H,55,73)(H,56,71)(H,57,74)(H,58,70)(H,59,72)(H,60,77)(H,61,78)(H,62,67)(H,63,75)(H,64,76)/t24-,25-,26-,27-,28-,29-,30-,31-,35-,36-,37-/m0/s1. The van der Waals surface area contributed by atoms with Gasteiger partial charge in [-0.2, -0.15) is 0 Å². The summed E-state index contributed by atoms with van der Waals surface area (Å²) < 4.78 is 0. The molecule has 13 amide bonds. The van der Waals surface area contributed by atoms with E-state index in [0.717, 1.165) is 0 Å². The summed E-state index contributed by atoms with van der Waals surface area (Å²) >= 11 is 0. The summed E-state index contributed by atoms with van der Waals surface area (Å²) in [6, 6.07) is -7.12. The molecule has 19 N–H and O–H groups in total. The third-order valence-electron chi connectivity index (χ3n) is 11.7. The SMILES string of the molecule is CC(=O)N[C@@H](C)C(=O)N[C@@H](C)C(=O)N[C@@H](CCCCN)C(=O)N[C@@H](C)C(=O)N[C@@H](C)C(=O)N[C@@H](C)C(=O)N[C@@H](C)C(=O)N[C@@H](CCCCN)C(=O)N[C@@H](C)C(=O)N[C@@H](C)C(=O)NCC(=O)N[C@@H](Cc1ccc(O)cc1)C(N)=O. The van der Waals surface area contributed by atoms with E-state index >= 15 is 0 Å². The average molecular weight is 1100 g/mol. The quantitative estimate of drug-likeness (QED) is 0.0286. The molecule has 0 fully saturated rings. The van der Waals surface area contributed by atoms with E-state index in [1.165, 1.54) is 74.4 Å². The Hall–Kier alpha value is -7.95. The van der Waals surface area contributed by atoms with Crippen LogP contribution in [0.3, 0.4) is 0 Å². The first kappa shape index (κ1) is 68.1. The van der Waals surface area contributed by atoms with Gasteiger partial charge in [0.15, 0.2) is 0 Å². The second-order valence-electron chi connectivity index (χ2n) is 18.8.